The maximum atomic E-state index is 13.0. The lowest BCUT2D eigenvalue weighted by Crippen LogP contribution is -2.61. The minimum absolute atomic E-state index is 0.0522. The lowest BCUT2D eigenvalue weighted by Gasteiger charge is -2.42. The SMILES string of the molecule is CC/C=C\C/C=C\C/C=C\C/C=C\CCCCCCCCCCC(=O)OC(COCCCCCCCC/C=C\CCCCCCC)COC1OC(COC2OC(CO)C(O)C(O)C2O)C(O)C(O)C1O. The molecule has 7 N–H and O–H groups in total. The molecule has 0 aromatic heterocycles. The molecular formula is C56H98O14. The average molecular weight is 995 g/mol. The Morgan fingerprint density at radius 3 is 1.47 bits per heavy atom. The van der Waals surface area contributed by atoms with Crippen LogP contribution < -0.4 is 0 Å². The predicted octanol–water partition coefficient (Wildman–Crippen LogP) is 8.91. The van der Waals surface area contributed by atoms with Gasteiger partial charge in [0.05, 0.1) is 26.4 Å². The molecule has 2 heterocycles. The van der Waals surface area contributed by atoms with E-state index >= 15 is 0 Å². The third-order valence-corrected chi connectivity index (χ3v) is 12.8. The minimum Gasteiger partial charge on any atom is -0.457 e. The first-order chi connectivity index (χ1) is 34.1. The zero-order valence-corrected chi connectivity index (χ0v) is 43.2. The van der Waals surface area contributed by atoms with E-state index in [1.807, 2.05) is 0 Å². The van der Waals surface area contributed by atoms with Crippen molar-refractivity contribution in [3.05, 3.63) is 60.8 Å². The molecule has 0 amide bonds. The molecule has 14 heteroatoms. The van der Waals surface area contributed by atoms with Crippen molar-refractivity contribution in [3.63, 3.8) is 0 Å². The molecule has 14 nitrogen and oxygen atoms in total. The van der Waals surface area contributed by atoms with E-state index in [0.29, 0.717) is 13.0 Å². The molecule has 2 fully saturated rings. The number of hydrogen-bond acceptors (Lipinski definition) is 14. The summed E-state index contributed by atoms with van der Waals surface area (Å²) in [7, 11) is 0. The zero-order chi connectivity index (χ0) is 50.9. The van der Waals surface area contributed by atoms with Crippen molar-refractivity contribution >= 4 is 5.97 Å². The van der Waals surface area contributed by atoms with Crippen molar-refractivity contribution in [1.29, 1.82) is 0 Å². The average Bonchev–Trinajstić information content (AvgIpc) is 3.36. The minimum atomic E-state index is -1.71. The van der Waals surface area contributed by atoms with Crippen molar-refractivity contribution in [2.24, 2.45) is 0 Å². The second kappa shape index (κ2) is 43.1. The van der Waals surface area contributed by atoms with Crippen LogP contribution in [0.4, 0.5) is 0 Å². The van der Waals surface area contributed by atoms with Crippen molar-refractivity contribution in [3.8, 4) is 0 Å². The molecule has 0 aliphatic carbocycles. The number of carbonyl (C=O) groups excluding carboxylic acids is 1. The lowest BCUT2D eigenvalue weighted by atomic mass is 9.98. The van der Waals surface area contributed by atoms with Crippen molar-refractivity contribution < 1.29 is 69.0 Å². The first-order valence-corrected chi connectivity index (χ1v) is 27.4. The van der Waals surface area contributed by atoms with Gasteiger partial charge >= 0.3 is 5.97 Å². The van der Waals surface area contributed by atoms with E-state index in [1.54, 1.807) is 0 Å². The number of ether oxygens (including phenoxy) is 6. The van der Waals surface area contributed by atoms with Crippen LogP contribution in [0.1, 0.15) is 187 Å². The highest BCUT2D eigenvalue weighted by atomic mass is 16.7. The van der Waals surface area contributed by atoms with Gasteiger partial charge in [-0.2, -0.15) is 0 Å². The van der Waals surface area contributed by atoms with Gasteiger partial charge in [-0.1, -0.05) is 164 Å². The molecule has 2 saturated heterocycles. The Kier molecular flexibility index (Phi) is 39.3. The molecule has 0 bridgehead atoms. The second-order valence-corrected chi connectivity index (χ2v) is 19.0. The van der Waals surface area contributed by atoms with Gasteiger partial charge < -0.3 is 64.2 Å². The Hall–Kier alpha value is -2.31. The van der Waals surface area contributed by atoms with E-state index < -0.39 is 80.7 Å². The largest absolute Gasteiger partial charge is 0.457 e. The zero-order valence-electron chi connectivity index (χ0n) is 43.2. The van der Waals surface area contributed by atoms with Crippen molar-refractivity contribution in [2.45, 2.75) is 255 Å². The molecule has 406 valence electrons. The summed E-state index contributed by atoms with van der Waals surface area (Å²) in [5.41, 5.74) is 0. The number of hydrogen-bond donors (Lipinski definition) is 7. The summed E-state index contributed by atoms with van der Waals surface area (Å²) < 4.78 is 34.3. The molecule has 2 aliphatic rings. The molecule has 0 aromatic rings. The molecular weight excluding hydrogens is 897 g/mol. The molecule has 11 unspecified atom stereocenters. The Morgan fingerprint density at radius 2 is 0.929 bits per heavy atom. The number of esters is 1. The van der Waals surface area contributed by atoms with E-state index in [4.69, 9.17) is 28.4 Å². The number of unbranched alkanes of at least 4 members (excludes halogenated alkanes) is 19. The van der Waals surface area contributed by atoms with Gasteiger partial charge in [0.25, 0.3) is 0 Å². The third kappa shape index (κ3) is 30.0. The third-order valence-electron chi connectivity index (χ3n) is 12.8. The highest BCUT2D eigenvalue weighted by Gasteiger charge is 2.47. The molecule has 0 saturated carbocycles. The summed E-state index contributed by atoms with van der Waals surface area (Å²) in [6, 6.07) is 0. The van der Waals surface area contributed by atoms with Crippen LogP contribution in [-0.2, 0) is 33.2 Å². The molecule has 11 atom stereocenters. The van der Waals surface area contributed by atoms with Gasteiger partial charge in [0.1, 0.15) is 54.9 Å². The van der Waals surface area contributed by atoms with Crippen LogP contribution in [0.25, 0.3) is 0 Å². The fourth-order valence-corrected chi connectivity index (χ4v) is 8.33. The summed E-state index contributed by atoms with van der Waals surface area (Å²) in [4.78, 5) is 13.0. The summed E-state index contributed by atoms with van der Waals surface area (Å²) in [5.74, 6) is -0.388. The van der Waals surface area contributed by atoms with Crippen molar-refractivity contribution in [1.82, 2.24) is 0 Å². The second-order valence-electron chi connectivity index (χ2n) is 19.0. The number of aliphatic hydroxyl groups is 7. The normalized spacial score (nSPS) is 26.0. The highest BCUT2D eigenvalue weighted by Crippen LogP contribution is 2.26. The first kappa shape index (κ1) is 63.8. The Labute approximate surface area is 422 Å². The van der Waals surface area contributed by atoms with Gasteiger partial charge in [0.2, 0.25) is 0 Å². The summed E-state index contributed by atoms with van der Waals surface area (Å²) in [6.45, 7) is 3.54. The van der Waals surface area contributed by atoms with E-state index in [-0.39, 0.29) is 25.6 Å². The quantitative estimate of drug-likeness (QED) is 0.0173. The topological polar surface area (TPSA) is 214 Å². The lowest BCUT2D eigenvalue weighted by molar-refractivity contribution is -0.332. The first-order valence-electron chi connectivity index (χ1n) is 27.4. The van der Waals surface area contributed by atoms with Gasteiger partial charge in [-0.15, -0.1) is 0 Å². The van der Waals surface area contributed by atoms with Gasteiger partial charge in [-0.3, -0.25) is 4.79 Å². The van der Waals surface area contributed by atoms with Crippen LogP contribution in [-0.4, -0.2) is 142 Å². The van der Waals surface area contributed by atoms with Crippen LogP contribution in [0.5, 0.6) is 0 Å². The maximum Gasteiger partial charge on any atom is 0.306 e. The summed E-state index contributed by atoms with van der Waals surface area (Å²) in [6.07, 6.45) is 35.6. The number of carbonyl (C=O) groups is 1. The standard InChI is InChI=1S/C56H98O14/c1-3-5-7-9-11-13-15-17-19-20-21-22-23-24-25-27-29-31-33-35-37-39-48(58)68-45(42-65-40-38-36-34-32-30-28-26-18-16-14-12-10-8-6-4-2)43-66-55-54(64)52(62)50(60)47(70-55)44-67-56-53(63)51(61)49(59)46(41-57)69-56/h5,7,11,13,16-19,21-22,45-47,49-57,59-64H,3-4,6,8-10,12,14-15,20,23-44H2,1-2H3/b7-5-,13-11-,18-16-,19-17-,22-21-. The molecule has 0 spiro atoms. The Balaban J connectivity index is 1.74. The van der Waals surface area contributed by atoms with E-state index in [0.717, 1.165) is 77.0 Å². The van der Waals surface area contributed by atoms with Crippen LogP contribution in [0, 0.1) is 0 Å². The van der Waals surface area contributed by atoms with Gasteiger partial charge in [0, 0.05) is 13.0 Å². The van der Waals surface area contributed by atoms with E-state index in [2.05, 4.69) is 74.6 Å². The summed E-state index contributed by atoms with van der Waals surface area (Å²) >= 11 is 0. The molecule has 0 radical (unpaired) electrons. The van der Waals surface area contributed by atoms with Gasteiger partial charge in [0.15, 0.2) is 12.6 Å². The summed E-state index contributed by atoms with van der Waals surface area (Å²) in [5, 5.41) is 72.2. The molecule has 70 heavy (non-hydrogen) atoms. The van der Waals surface area contributed by atoms with Gasteiger partial charge in [-0.25, -0.2) is 0 Å². The van der Waals surface area contributed by atoms with Gasteiger partial charge in [-0.05, 0) is 77.0 Å². The van der Waals surface area contributed by atoms with Crippen LogP contribution in [0.15, 0.2) is 60.8 Å². The Bertz CT molecular complexity index is 1390. The monoisotopic (exact) mass is 995 g/mol. The van der Waals surface area contributed by atoms with E-state index in [1.165, 1.54) is 83.5 Å². The number of aliphatic hydroxyl groups excluding tert-OH is 7. The number of allylic oxidation sites excluding steroid dienone is 10. The Morgan fingerprint density at radius 1 is 0.486 bits per heavy atom. The highest BCUT2D eigenvalue weighted by molar-refractivity contribution is 5.69. The van der Waals surface area contributed by atoms with Crippen LogP contribution >= 0.6 is 0 Å². The molecule has 2 rings (SSSR count). The van der Waals surface area contributed by atoms with Crippen LogP contribution in [0.2, 0.25) is 0 Å². The fraction of sp³-hybridized carbons (Fsp3) is 0.804. The predicted molar refractivity (Wildman–Crippen MR) is 275 cm³/mol. The number of rotatable bonds is 43. The van der Waals surface area contributed by atoms with Crippen molar-refractivity contribution in [2.75, 3.05) is 33.0 Å². The smallest absolute Gasteiger partial charge is 0.306 e. The van der Waals surface area contributed by atoms with Crippen LogP contribution in [0.3, 0.4) is 0 Å². The molecule has 0 aromatic carbocycles. The van der Waals surface area contributed by atoms with E-state index in [9.17, 15) is 40.5 Å². The fourth-order valence-electron chi connectivity index (χ4n) is 8.33. The molecule has 2 aliphatic heterocycles. The maximum absolute atomic E-state index is 13.0.